The van der Waals surface area contributed by atoms with Crippen LogP contribution in [0, 0.1) is 5.92 Å². The summed E-state index contributed by atoms with van der Waals surface area (Å²) in [5.41, 5.74) is 0.602. The molecule has 2 rings (SSSR count). The Morgan fingerprint density at radius 1 is 1.35 bits per heavy atom. The molecular formula is C13H18N2O4S. The van der Waals surface area contributed by atoms with Crippen LogP contribution >= 0.6 is 0 Å². The summed E-state index contributed by atoms with van der Waals surface area (Å²) in [6.45, 7) is 2.57. The first-order chi connectivity index (χ1) is 9.30. The van der Waals surface area contributed by atoms with E-state index in [4.69, 9.17) is 9.88 Å². The number of carbonyl (C=O) groups excluding carboxylic acids is 1. The van der Waals surface area contributed by atoms with E-state index < -0.39 is 16.1 Å². The van der Waals surface area contributed by atoms with Crippen molar-refractivity contribution < 1.29 is 17.9 Å². The van der Waals surface area contributed by atoms with Gasteiger partial charge in [-0.15, -0.1) is 0 Å². The Kier molecular flexibility index (Phi) is 4.12. The fourth-order valence-electron chi connectivity index (χ4n) is 2.19. The van der Waals surface area contributed by atoms with Crippen molar-refractivity contribution in [2.24, 2.45) is 11.1 Å². The van der Waals surface area contributed by atoms with Gasteiger partial charge in [0.05, 0.1) is 4.90 Å². The van der Waals surface area contributed by atoms with Crippen molar-refractivity contribution in [3.63, 3.8) is 0 Å². The largest absolute Gasteiger partial charge is 0.368 e. The molecule has 0 spiro atoms. The first kappa shape index (κ1) is 15.0. The molecule has 1 aliphatic heterocycles. The minimum atomic E-state index is -3.72. The summed E-state index contributed by atoms with van der Waals surface area (Å²) in [7, 11) is -2.08. The molecule has 2 atom stereocenters. The lowest BCUT2D eigenvalue weighted by Gasteiger charge is -2.23. The van der Waals surface area contributed by atoms with Gasteiger partial charge in [0, 0.05) is 19.3 Å². The van der Waals surface area contributed by atoms with Gasteiger partial charge in [-0.2, -0.15) is 0 Å². The van der Waals surface area contributed by atoms with Gasteiger partial charge in [-0.05, 0) is 36.6 Å². The normalized spacial score (nSPS) is 22.8. The average molecular weight is 298 g/mol. The number of nitrogens with zero attached hydrogens (tertiary/aromatic N) is 1. The SMILES string of the molecule is CC1CCOC1C(=O)N(C)c1ccc(S(N)(=O)=O)cc1. The van der Waals surface area contributed by atoms with Crippen LogP contribution in [-0.4, -0.2) is 34.1 Å². The number of benzene rings is 1. The quantitative estimate of drug-likeness (QED) is 0.890. The number of ether oxygens (including phenoxy) is 1. The Morgan fingerprint density at radius 2 is 1.95 bits per heavy atom. The van der Waals surface area contributed by atoms with E-state index in [-0.39, 0.29) is 16.7 Å². The molecule has 0 bridgehead atoms. The number of hydrogen-bond acceptors (Lipinski definition) is 4. The number of sulfonamides is 1. The zero-order valence-electron chi connectivity index (χ0n) is 11.4. The number of nitrogens with two attached hydrogens (primary N) is 1. The van der Waals surface area contributed by atoms with Gasteiger partial charge in [0.15, 0.2) is 0 Å². The molecule has 1 fully saturated rings. The molecule has 1 aromatic rings. The van der Waals surface area contributed by atoms with E-state index in [1.165, 1.54) is 17.0 Å². The predicted molar refractivity (Wildman–Crippen MR) is 74.7 cm³/mol. The van der Waals surface area contributed by atoms with E-state index >= 15 is 0 Å². The zero-order valence-corrected chi connectivity index (χ0v) is 12.3. The van der Waals surface area contributed by atoms with Crippen molar-refractivity contribution in [2.75, 3.05) is 18.6 Å². The molecule has 1 saturated heterocycles. The molecule has 0 aliphatic carbocycles. The lowest BCUT2D eigenvalue weighted by Crippen LogP contribution is -2.38. The first-order valence-corrected chi connectivity index (χ1v) is 7.87. The maximum atomic E-state index is 12.3. The van der Waals surface area contributed by atoms with Gasteiger partial charge in [-0.25, -0.2) is 13.6 Å². The van der Waals surface area contributed by atoms with Crippen molar-refractivity contribution in [1.82, 2.24) is 0 Å². The highest BCUT2D eigenvalue weighted by Gasteiger charge is 2.33. The van der Waals surface area contributed by atoms with Gasteiger partial charge < -0.3 is 9.64 Å². The molecule has 20 heavy (non-hydrogen) atoms. The first-order valence-electron chi connectivity index (χ1n) is 6.33. The fraction of sp³-hybridized carbons (Fsp3) is 0.462. The highest BCUT2D eigenvalue weighted by molar-refractivity contribution is 7.89. The second-order valence-electron chi connectivity index (χ2n) is 4.99. The Hall–Kier alpha value is -1.44. The molecule has 1 heterocycles. The number of likely N-dealkylation sites (N-methyl/N-ethyl adjacent to an activating group) is 1. The van der Waals surface area contributed by atoms with Crippen LogP contribution in [0.5, 0.6) is 0 Å². The molecule has 1 aromatic carbocycles. The van der Waals surface area contributed by atoms with Crippen LogP contribution < -0.4 is 10.0 Å². The Labute approximate surface area is 118 Å². The van der Waals surface area contributed by atoms with Crippen molar-refractivity contribution >= 4 is 21.6 Å². The van der Waals surface area contributed by atoms with Crippen LogP contribution in [0.3, 0.4) is 0 Å². The van der Waals surface area contributed by atoms with Crippen LogP contribution in [0.4, 0.5) is 5.69 Å². The van der Waals surface area contributed by atoms with Gasteiger partial charge in [-0.3, -0.25) is 4.79 Å². The van der Waals surface area contributed by atoms with Gasteiger partial charge >= 0.3 is 0 Å². The summed E-state index contributed by atoms with van der Waals surface area (Å²) in [4.78, 5) is 13.8. The third kappa shape index (κ3) is 3.00. The standard InChI is InChI=1S/C13H18N2O4S/c1-9-7-8-19-12(9)13(16)15(2)10-3-5-11(6-4-10)20(14,17)18/h3-6,9,12H,7-8H2,1-2H3,(H2,14,17,18). The average Bonchev–Trinajstić information content (AvgIpc) is 2.82. The molecular weight excluding hydrogens is 280 g/mol. The molecule has 2 unspecified atom stereocenters. The van der Waals surface area contributed by atoms with Crippen molar-refractivity contribution in [3.05, 3.63) is 24.3 Å². The molecule has 2 N–H and O–H groups in total. The van der Waals surface area contributed by atoms with Crippen molar-refractivity contribution in [3.8, 4) is 0 Å². The van der Waals surface area contributed by atoms with Crippen LogP contribution in [0.1, 0.15) is 13.3 Å². The van der Waals surface area contributed by atoms with Gasteiger partial charge in [0.2, 0.25) is 10.0 Å². The third-order valence-electron chi connectivity index (χ3n) is 3.51. The molecule has 6 nitrogen and oxygen atoms in total. The predicted octanol–water partition coefficient (Wildman–Crippen LogP) is 0.722. The lowest BCUT2D eigenvalue weighted by molar-refractivity contribution is -0.128. The molecule has 7 heteroatoms. The number of hydrogen-bond donors (Lipinski definition) is 1. The lowest BCUT2D eigenvalue weighted by atomic mass is 10.0. The van der Waals surface area contributed by atoms with Crippen molar-refractivity contribution in [2.45, 2.75) is 24.3 Å². The summed E-state index contributed by atoms with van der Waals surface area (Å²) in [5, 5.41) is 5.03. The highest BCUT2D eigenvalue weighted by atomic mass is 32.2. The topological polar surface area (TPSA) is 89.7 Å². The zero-order chi connectivity index (χ0) is 14.9. The maximum absolute atomic E-state index is 12.3. The monoisotopic (exact) mass is 298 g/mol. The molecule has 0 saturated carbocycles. The summed E-state index contributed by atoms with van der Waals surface area (Å²) in [5.74, 6) is 0.0620. The maximum Gasteiger partial charge on any atom is 0.256 e. The number of anilines is 1. The van der Waals surface area contributed by atoms with Gasteiger partial charge in [0.1, 0.15) is 6.10 Å². The highest BCUT2D eigenvalue weighted by Crippen LogP contribution is 2.24. The van der Waals surface area contributed by atoms with E-state index in [0.29, 0.717) is 12.3 Å². The van der Waals surface area contributed by atoms with E-state index in [2.05, 4.69) is 0 Å². The second kappa shape index (κ2) is 5.51. The number of amides is 1. The molecule has 1 aliphatic rings. The molecule has 0 aromatic heterocycles. The van der Waals surface area contributed by atoms with Gasteiger partial charge in [-0.1, -0.05) is 6.92 Å². The summed E-state index contributed by atoms with van der Waals surface area (Å²) >= 11 is 0. The number of carbonyl (C=O) groups is 1. The molecule has 0 radical (unpaired) electrons. The van der Waals surface area contributed by atoms with Crippen LogP contribution in [0.25, 0.3) is 0 Å². The summed E-state index contributed by atoms with van der Waals surface area (Å²) in [6, 6.07) is 5.87. The minimum absolute atomic E-state index is 0.0209. The van der Waals surface area contributed by atoms with E-state index in [9.17, 15) is 13.2 Å². The number of primary sulfonamides is 1. The Morgan fingerprint density at radius 3 is 2.40 bits per heavy atom. The fourth-order valence-corrected chi connectivity index (χ4v) is 2.70. The summed E-state index contributed by atoms with van der Waals surface area (Å²) < 4.78 is 27.8. The summed E-state index contributed by atoms with van der Waals surface area (Å²) in [6.07, 6.45) is 0.437. The van der Waals surface area contributed by atoms with Crippen LogP contribution in [0.2, 0.25) is 0 Å². The van der Waals surface area contributed by atoms with E-state index in [0.717, 1.165) is 6.42 Å². The number of rotatable bonds is 3. The van der Waals surface area contributed by atoms with Crippen LogP contribution in [-0.2, 0) is 19.6 Å². The Balaban J connectivity index is 2.17. The smallest absolute Gasteiger partial charge is 0.256 e. The molecule has 1 amide bonds. The second-order valence-corrected chi connectivity index (χ2v) is 6.55. The molecule has 110 valence electrons. The van der Waals surface area contributed by atoms with Gasteiger partial charge in [0.25, 0.3) is 5.91 Å². The van der Waals surface area contributed by atoms with E-state index in [1.807, 2.05) is 6.92 Å². The van der Waals surface area contributed by atoms with Crippen molar-refractivity contribution in [1.29, 1.82) is 0 Å². The minimum Gasteiger partial charge on any atom is -0.368 e. The van der Waals surface area contributed by atoms with E-state index in [1.54, 1.807) is 19.2 Å². The van der Waals surface area contributed by atoms with Crippen LogP contribution in [0.15, 0.2) is 29.2 Å². The Bertz CT molecular complexity index is 597. The third-order valence-corrected chi connectivity index (χ3v) is 4.44.